The van der Waals surface area contributed by atoms with Crippen molar-refractivity contribution >= 4 is 0 Å². The van der Waals surface area contributed by atoms with Crippen molar-refractivity contribution in [2.45, 2.75) is 46.6 Å². The number of aryl methyl sites for hydroxylation is 3. The molecule has 114 valence electrons. The SMILES string of the molecule is CCNC(CCOCC(F)F)c1cc(C)c(C)cc1C. The Hall–Kier alpha value is -1.00. The molecular formula is C16H25F2NO. The van der Waals surface area contributed by atoms with Gasteiger partial charge in [0.05, 0.1) is 0 Å². The second-order valence-corrected chi connectivity index (χ2v) is 5.16. The van der Waals surface area contributed by atoms with E-state index in [1.165, 1.54) is 22.3 Å². The fourth-order valence-corrected chi connectivity index (χ4v) is 2.35. The molecule has 0 saturated carbocycles. The molecule has 0 aliphatic heterocycles. The van der Waals surface area contributed by atoms with Crippen LogP contribution in [0.3, 0.4) is 0 Å². The summed E-state index contributed by atoms with van der Waals surface area (Å²) < 4.78 is 29.1. The molecular weight excluding hydrogens is 260 g/mol. The summed E-state index contributed by atoms with van der Waals surface area (Å²) in [6, 6.07) is 4.51. The fraction of sp³-hybridized carbons (Fsp3) is 0.625. The van der Waals surface area contributed by atoms with Crippen molar-refractivity contribution < 1.29 is 13.5 Å². The summed E-state index contributed by atoms with van der Waals surface area (Å²) in [5.74, 6) is 0. The molecule has 1 N–H and O–H groups in total. The van der Waals surface area contributed by atoms with Gasteiger partial charge in [-0.1, -0.05) is 19.1 Å². The van der Waals surface area contributed by atoms with E-state index in [0.717, 1.165) is 6.54 Å². The number of nitrogens with one attached hydrogen (secondary N) is 1. The highest BCUT2D eigenvalue weighted by Crippen LogP contribution is 2.24. The summed E-state index contributed by atoms with van der Waals surface area (Å²) in [6.45, 7) is 9.02. The predicted octanol–water partition coefficient (Wildman–Crippen LogP) is 3.93. The molecule has 0 saturated heterocycles. The molecule has 20 heavy (non-hydrogen) atoms. The average Bonchev–Trinajstić information content (AvgIpc) is 2.37. The van der Waals surface area contributed by atoms with Crippen LogP contribution in [0.25, 0.3) is 0 Å². The molecule has 0 aromatic heterocycles. The third-order valence-electron chi connectivity index (χ3n) is 3.50. The molecule has 0 bridgehead atoms. The van der Waals surface area contributed by atoms with E-state index in [9.17, 15) is 8.78 Å². The molecule has 0 spiro atoms. The standard InChI is InChI=1S/C16H25F2NO/c1-5-19-15(6-7-20-10-16(17)18)14-9-12(3)11(2)8-13(14)4/h8-9,15-16,19H,5-7,10H2,1-4H3. The number of alkyl halides is 2. The maximum absolute atomic E-state index is 12.1. The van der Waals surface area contributed by atoms with E-state index < -0.39 is 13.0 Å². The lowest BCUT2D eigenvalue weighted by atomic mass is 9.94. The minimum Gasteiger partial charge on any atom is -0.375 e. The maximum atomic E-state index is 12.1. The number of halogens is 2. The minimum atomic E-state index is -2.39. The molecule has 0 amide bonds. The van der Waals surface area contributed by atoms with Gasteiger partial charge in [0.2, 0.25) is 0 Å². The van der Waals surface area contributed by atoms with E-state index in [2.05, 4.69) is 38.2 Å². The highest BCUT2D eigenvalue weighted by Gasteiger charge is 2.14. The van der Waals surface area contributed by atoms with E-state index in [0.29, 0.717) is 13.0 Å². The zero-order valence-corrected chi connectivity index (χ0v) is 12.8. The third-order valence-corrected chi connectivity index (χ3v) is 3.50. The van der Waals surface area contributed by atoms with Crippen molar-refractivity contribution in [1.29, 1.82) is 0 Å². The molecule has 1 unspecified atom stereocenters. The summed E-state index contributed by atoms with van der Waals surface area (Å²) >= 11 is 0. The summed E-state index contributed by atoms with van der Waals surface area (Å²) in [5, 5.41) is 3.41. The molecule has 1 atom stereocenters. The van der Waals surface area contributed by atoms with Crippen LogP contribution in [0.5, 0.6) is 0 Å². The Labute approximate surface area is 120 Å². The summed E-state index contributed by atoms with van der Waals surface area (Å²) in [5.41, 5.74) is 4.99. The molecule has 2 nitrogen and oxygen atoms in total. The topological polar surface area (TPSA) is 21.3 Å². The Kier molecular flexibility index (Phi) is 7.10. The molecule has 0 aliphatic rings. The van der Waals surface area contributed by atoms with Crippen molar-refractivity contribution in [2.24, 2.45) is 0 Å². The molecule has 0 radical (unpaired) electrons. The number of hydrogen-bond donors (Lipinski definition) is 1. The molecule has 1 aromatic rings. The molecule has 0 heterocycles. The van der Waals surface area contributed by atoms with Crippen LogP contribution < -0.4 is 5.32 Å². The van der Waals surface area contributed by atoms with Crippen LogP contribution in [0.4, 0.5) is 8.78 Å². The van der Waals surface area contributed by atoms with E-state index in [1.54, 1.807) is 0 Å². The highest BCUT2D eigenvalue weighted by atomic mass is 19.3. The van der Waals surface area contributed by atoms with Gasteiger partial charge in [0.25, 0.3) is 6.43 Å². The van der Waals surface area contributed by atoms with Gasteiger partial charge in [0.1, 0.15) is 6.61 Å². The predicted molar refractivity (Wildman–Crippen MR) is 78.5 cm³/mol. The molecule has 1 rings (SSSR count). The van der Waals surface area contributed by atoms with Gasteiger partial charge in [-0.25, -0.2) is 8.78 Å². The van der Waals surface area contributed by atoms with Crippen LogP contribution in [-0.2, 0) is 4.74 Å². The normalized spacial score (nSPS) is 12.9. The Balaban J connectivity index is 2.72. The third kappa shape index (κ3) is 5.17. The van der Waals surface area contributed by atoms with Gasteiger partial charge in [0, 0.05) is 12.6 Å². The smallest absolute Gasteiger partial charge is 0.261 e. The first-order chi connectivity index (χ1) is 9.45. The average molecular weight is 285 g/mol. The monoisotopic (exact) mass is 285 g/mol. The highest BCUT2D eigenvalue weighted by molar-refractivity contribution is 5.38. The van der Waals surface area contributed by atoms with Crippen molar-refractivity contribution in [1.82, 2.24) is 5.32 Å². The number of ether oxygens (including phenoxy) is 1. The van der Waals surface area contributed by atoms with Crippen molar-refractivity contribution in [2.75, 3.05) is 19.8 Å². The summed E-state index contributed by atoms with van der Waals surface area (Å²) in [6.07, 6.45) is -1.69. The molecule has 1 aromatic carbocycles. The second-order valence-electron chi connectivity index (χ2n) is 5.16. The lowest BCUT2D eigenvalue weighted by Crippen LogP contribution is -2.23. The van der Waals surface area contributed by atoms with Gasteiger partial charge in [0.15, 0.2) is 0 Å². The Morgan fingerprint density at radius 3 is 2.35 bits per heavy atom. The van der Waals surface area contributed by atoms with Crippen molar-refractivity contribution in [3.8, 4) is 0 Å². The Morgan fingerprint density at radius 2 is 1.75 bits per heavy atom. The van der Waals surface area contributed by atoms with Crippen LogP contribution in [0.1, 0.15) is 41.6 Å². The van der Waals surface area contributed by atoms with E-state index in [-0.39, 0.29) is 6.04 Å². The quantitative estimate of drug-likeness (QED) is 0.731. The van der Waals surface area contributed by atoms with E-state index in [1.807, 2.05) is 6.92 Å². The van der Waals surface area contributed by atoms with Gasteiger partial charge < -0.3 is 10.1 Å². The summed E-state index contributed by atoms with van der Waals surface area (Å²) in [7, 11) is 0. The second kappa shape index (κ2) is 8.32. The number of hydrogen-bond acceptors (Lipinski definition) is 2. The lowest BCUT2D eigenvalue weighted by Gasteiger charge is -2.22. The van der Waals surface area contributed by atoms with Gasteiger partial charge in [-0.05, 0) is 56.0 Å². The van der Waals surface area contributed by atoms with Crippen LogP contribution >= 0.6 is 0 Å². The van der Waals surface area contributed by atoms with Crippen LogP contribution in [0.15, 0.2) is 12.1 Å². The van der Waals surface area contributed by atoms with E-state index in [4.69, 9.17) is 4.74 Å². The first kappa shape index (κ1) is 17.1. The van der Waals surface area contributed by atoms with Crippen LogP contribution in [0, 0.1) is 20.8 Å². The van der Waals surface area contributed by atoms with Crippen molar-refractivity contribution in [3.63, 3.8) is 0 Å². The molecule has 0 aliphatic carbocycles. The van der Waals surface area contributed by atoms with Gasteiger partial charge in [-0.15, -0.1) is 0 Å². The van der Waals surface area contributed by atoms with Crippen molar-refractivity contribution in [3.05, 3.63) is 34.4 Å². The summed E-state index contributed by atoms with van der Waals surface area (Å²) in [4.78, 5) is 0. The maximum Gasteiger partial charge on any atom is 0.261 e. The van der Waals surface area contributed by atoms with Crippen LogP contribution in [0.2, 0.25) is 0 Å². The number of rotatable bonds is 8. The molecule has 4 heteroatoms. The van der Waals surface area contributed by atoms with Gasteiger partial charge in [-0.3, -0.25) is 0 Å². The van der Waals surface area contributed by atoms with Gasteiger partial charge in [-0.2, -0.15) is 0 Å². The Bertz CT molecular complexity index is 421. The van der Waals surface area contributed by atoms with Crippen LogP contribution in [-0.4, -0.2) is 26.2 Å². The van der Waals surface area contributed by atoms with Gasteiger partial charge >= 0.3 is 0 Å². The first-order valence-electron chi connectivity index (χ1n) is 7.12. The van der Waals surface area contributed by atoms with E-state index >= 15 is 0 Å². The fourth-order valence-electron chi connectivity index (χ4n) is 2.35. The zero-order valence-electron chi connectivity index (χ0n) is 12.8. The zero-order chi connectivity index (χ0) is 15.1. The first-order valence-corrected chi connectivity index (χ1v) is 7.12. The minimum absolute atomic E-state index is 0.150. The molecule has 0 fully saturated rings. The Morgan fingerprint density at radius 1 is 1.10 bits per heavy atom. The number of benzene rings is 1. The largest absolute Gasteiger partial charge is 0.375 e. The lowest BCUT2D eigenvalue weighted by molar-refractivity contribution is 0.0144.